The Bertz CT molecular complexity index is 588. The highest BCUT2D eigenvalue weighted by Crippen LogP contribution is 2.23. The van der Waals surface area contributed by atoms with Crippen molar-refractivity contribution in [1.82, 2.24) is 10.2 Å². The summed E-state index contributed by atoms with van der Waals surface area (Å²) in [6.07, 6.45) is 2.53. The zero-order valence-corrected chi connectivity index (χ0v) is 12.8. The number of methoxy groups -OCH3 is 1. The molecule has 0 radical (unpaired) electrons. The molecule has 112 valence electrons. The van der Waals surface area contributed by atoms with Gasteiger partial charge in [0.25, 0.3) is 0 Å². The molecule has 0 aliphatic rings. The molecule has 1 aromatic carbocycles. The van der Waals surface area contributed by atoms with Crippen LogP contribution in [0.4, 0.5) is 5.82 Å². The zero-order valence-electron chi connectivity index (χ0n) is 12.8. The SMILES string of the molecule is COc1ccccc1CC(C)N(C)c1nnccc1CN. The first kappa shape index (κ1) is 15.3. The second kappa shape index (κ2) is 7.04. The molecular weight excluding hydrogens is 264 g/mol. The van der Waals surface area contributed by atoms with Crippen molar-refractivity contribution >= 4 is 5.82 Å². The van der Waals surface area contributed by atoms with Crippen molar-refractivity contribution < 1.29 is 4.74 Å². The lowest BCUT2D eigenvalue weighted by Crippen LogP contribution is -2.32. The van der Waals surface area contributed by atoms with E-state index in [9.17, 15) is 0 Å². The standard InChI is InChI=1S/C16H22N4O/c1-12(10-13-6-4-5-7-15(13)21-3)20(2)16-14(11-17)8-9-18-19-16/h4-9,12H,10-11,17H2,1-3H3. The molecule has 1 unspecified atom stereocenters. The Morgan fingerprint density at radius 2 is 2.00 bits per heavy atom. The average Bonchev–Trinajstić information content (AvgIpc) is 2.54. The van der Waals surface area contributed by atoms with Crippen molar-refractivity contribution in [2.24, 2.45) is 5.73 Å². The van der Waals surface area contributed by atoms with Gasteiger partial charge in [-0.3, -0.25) is 0 Å². The molecule has 2 aromatic rings. The summed E-state index contributed by atoms with van der Waals surface area (Å²) in [6, 6.07) is 10.2. The van der Waals surface area contributed by atoms with Crippen LogP contribution in [0.3, 0.4) is 0 Å². The van der Waals surface area contributed by atoms with Crippen molar-refractivity contribution in [2.45, 2.75) is 25.9 Å². The minimum atomic E-state index is 0.253. The number of ether oxygens (including phenoxy) is 1. The van der Waals surface area contributed by atoms with E-state index in [1.54, 1.807) is 13.3 Å². The number of benzene rings is 1. The van der Waals surface area contributed by atoms with E-state index in [2.05, 4.69) is 28.1 Å². The van der Waals surface area contributed by atoms with Gasteiger partial charge in [-0.25, -0.2) is 0 Å². The molecule has 2 N–H and O–H groups in total. The monoisotopic (exact) mass is 286 g/mol. The highest BCUT2D eigenvalue weighted by atomic mass is 16.5. The lowest BCUT2D eigenvalue weighted by atomic mass is 10.0. The maximum atomic E-state index is 5.77. The van der Waals surface area contributed by atoms with Crippen LogP contribution in [0.15, 0.2) is 36.5 Å². The summed E-state index contributed by atoms with van der Waals surface area (Å²) in [7, 11) is 3.71. The second-order valence-corrected chi connectivity index (χ2v) is 5.06. The van der Waals surface area contributed by atoms with E-state index < -0.39 is 0 Å². The predicted molar refractivity (Wildman–Crippen MR) is 84.5 cm³/mol. The first-order valence-electron chi connectivity index (χ1n) is 7.02. The summed E-state index contributed by atoms with van der Waals surface area (Å²) < 4.78 is 5.41. The molecule has 0 fully saturated rings. The number of para-hydroxylation sites is 1. The fourth-order valence-electron chi connectivity index (χ4n) is 2.34. The third-order valence-corrected chi connectivity index (χ3v) is 3.71. The minimum Gasteiger partial charge on any atom is -0.496 e. The van der Waals surface area contributed by atoms with E-state index in [4.69, 9.17) is 10.5 Å². The van der Waals surface area contributed by atoms with Crippen molar-refractivity contribution in [3.8, 4) is 5.75 Å². The largest absolute Gasteiger partial charge is 0.496 e. The maximum absolute atomic E-state index is 5.77. The molecule has 0 aliphatic carbocycles. The molecule has 0 saturated heterocycles. The van der Waals surface area contributed by atoms with Gasteiger partial charge in [0.2, 0.25) is 0 Å². The van der Waals surface area contributed by atoms with Crippen LogP contribution in [0.25, 0.3) is 0 Å². The number of nitrogens with zero attached hydrogens (tertiary/aromatic N) is 3. The molecule has 1 aromatic heterocycles. The van der Waals surface area contributed by atoms with E-state index in [1.165, 1.54) is 5.56 Å². The zero-order chi connectivity index (χ0) is 15.2. The minimum absolute atomic E-state index is 0.253. The Morgan fingerprint density at radius 1 is 1.24 bits per heavy atom. The summed E-state index contributed by atoms with van der Waals surface area (Å²) in [4.78, 5) is 2.11. The highest BCUT2D eigenvalue weighted by molar-refractivity contribution is 5.46. The van der Waals surface area contributed by atoms with E-state index in [0.29, 0.717) is 6.54 Å². The summed E-state index contributed by atoms with van der Waals surface area (Å²) in [6.45, 7) is 2.61. The molecule has 2 rings (SSSR count). The number of anilines is 1. The lowest BCUT2D eigenvalue weighted by molar-refractivity contribution is 0.408. The van der Waals surface area contributed by atoms with Crippen LogP contribution in [0.1, 0.15) is 18.1 Å². The topological polar surface area (TPSA) is 64.3 Å². The van der Waals surface area contributed by atoms with E-state index in [-0.39, 0.29) is 6.04 Å². The number of hydrogen-bond acceptors (Lipinski definition) is 5. The highest BCUT2D eigenvalue weighted by Gasteiger charge is 2.16. The van der Waals surface area contributed by atoms with Gasteiger partial charge in [0, 0.05) is 25.2 Å². The maximum Gasteiger partial charge on any atom is 0.155 e. The Kier molecular flexibility index (Phi) is 5.11. The third-order valence-electron chi connectivity index (χ3n) is 3.71. The molecule has 21 heavy (non-hydrogen) atoms. The van der Waals surface area contributed by atoms with Crippen LogP contribution >= 0.6 is 0 Å². The van der Waals surface area contributed by atoms with Gasteiger partial charge in [0.15, 0.2) is 5.82 Å². The van der Waals surface area contributed by atoms with Crippen LogP contribution in [0.5, 0.6) is 5.75 Å². The molecule has 1 heterocycles. The van der Waals surface area contributed by atoms with Crippen molar-refractivity contribution in [3.05, 3.63) is 47.7 Å². The summed E-state index contributed by atoms with van der Waals surface area (Å²) in [5.74, 6) is 1.75. The Hall–Kier alpha value is -2.14. The van der Waals surface area contributed by atoms with Gasteiger partial charge in [-0.05, 0) is 31.0 Å². The van der Waals surface area contributed by atoms with Crippen LogP contribution in [-0.4, -0.2) is 30.4 Å². The van der Waals surface area contributed by atoms with Gasteiger partial charge < -0.3 is 15.4 Å². The van der Waals surface area contributed by atoms with Gasteiger partial charge >= 0.3 is 0 Å². The normalized spacial score (nSPS) is 12.0. The van der Waals surface area contributed by atoms with Gasteiger partial charge in [0.05, 0.1) is 13.3 Å². The molecule has 5 heteroatoms. The number of hydrogen-bond donors (Lipinski definition) is 1. The van der Waals surface area contributed by atoms with Gasteiger partial charge in [-0.1, -0.05) is 18.2 Å². The Morgan fingerprint density at radius 3 is 2.71 bits per heavy atom. The smallest absolute Gasteiger partial charge is 0.155 e. The molecule has 1 atom stereocenters. The first-order valence-corrected chi connectivity index (χ1v) is 7.02. The van der Waals surface area contributed by atoms with E-state index in [0.717, 1.165) is 23.6 Å². The number of rotatable bonds is 6. The lowest BCUT2D eigenvalue weighted by Gasteiger charge is -2.27. The molecule has 0 spiro atoms. The Balaban J connectivity index is 2.17. The number of likely N-dealkylation sites (N-methyl/N-ethyl adjacent to an activating group) is 1. The van der Waals surface area contributed by atoms with Crippen molar-refractivity contribution in [1.29, 1.82) is 0 Å². The van der Waals surface area contributed by atoms with Gasteiger partial charge in [-0.15, -0.1) is 5.10 Å². The summed E-state index contributed by atoms with van der Waals surface area (Å²) in [5, 5.41) is 8.19. The van der Waals surface area contributed by atoms with E-state index >= 15 is 0 Å². The molecule has 0 aliphatic heterocycles. The Labute approximate surface area is 125 Å². The molecule has 5 nitrogen and oxygen atoms in total. The van der Waals surface area contributed by atoms with Crippen molar-refractivity contribution in [3.63, 3.8) is 0 Å². The fraction of sp³-hybridized carbons (Fsp3) is 0.375. The molecule has 0 saturated carbocycles. The van der Waals surface area contributed by atoms with Crippen LogP contribution < -0.4 is 15.4 Å². The van der Waals surface area contributed by atoms with Gasteiger partial charge in [0.1, 0.15) is 5.75 Å². The number of aromatic nitrogens is 2. The van der Waals surface area contributed by atoms with Crippen LogP contribution in [-0.2, 0) is 13.0 Å². The molecule has 0 amide bonds. The fourth-order valence-corrected chi connectivity index (χ4v) is 2.34. The average molecular weight is 286 g/mol. The van der Waals surface area contributed by atoms with Crippen molar-refractivity contribution in [2.75, 3.05) is 19.1 Å². The summed E-state index contributed by atoms with van der Waals surface area (Å²) >= 11 is 0. The predicted octanol–water partition coefficient (Wildman–Crippen LogP) is 2.01. The third kappa shape index (κ3) is 3.49. The number of nitrogens with two attached hydrogens (primary N) is 1. The summed E-state index contributed by atoms with van der Waals surface area (Å²) in [5.41, 5.74) is 7.95. The first-order chi connectivity index (χ1) is 10.2. The quantitative estimate of drug-likeness (QED) is 0.880. The second-order valence-electron chi connectivity index (χ2n) is 5.06. The van der Waals surface area contributed by atoms with Crippen LogP contribution in [0, 0.1) is 0 Å². The van der Waals surface area contributed by atoms with E-state index in [1.807, 2.05) is 31.3 Å². The van der Waals surface area contributed by atoms with Gasteiger partial charge in [-0.2, -0.15) is 5.10 Å². The molecular formula is C16H22N4O. The van der Waals surface area contributed by atoms with Crippen LogP contribution in [0.2, 0.25) is 0 Å². The molecule has 0 bridgehead atoms.